The van der Waals surface area contributed by atoms with Crippen LogP contribution in [0.2, 0.25) is 0 Å². The van der Waals surface area contributed by atoms with Crippen LogP contribution in [0, 0.1) is 0 Å². The van der Waals surface area contributed by atoms with E-state index in [9.17, 15) is 0 Å². The van der Waals surface area contributed by atoms with Crippen LogP contribution in [0.1, 0.15) is 5.56 Å². The van der Waals surface area contributed by atoms with Gasteiger partial charge in [0.05, 0.1) is 14.2 Å². The van der Waals surface area contributed by atoms with Crippen LogP contribution in [0.3, 0.4) is 0 Å². The quantitative estimate of drug-likeness (QED) is 0.756. The fraction of sp³-hybridized carbons (Fsp3) is 0.200. The van der Waals surface area contributed by atoms with E-state index in [1.165, 1.54) is 0 Å². The molecule has 0 aromatic heterocycles. The minimum absolute atomic E-state index is 0.278. The summed E-state index contributed by atoms with van der Waals surface area (Å²) in [6.07, 6.45) is 0. The molecule has 0 amide bonds. The first-order valence-electron chi connectivity index (χ1n) is 8.05. The lowest BCUT2D eigenvalue weighted by Gasteiger charge is -2.13. The number of benzene rings is 3. The molecule has 4 rings (SSSR count). The van der Waals surface area contributed by atoms with E-state index in [2.05, 4.69) is 17.4 Å². The summed E-state index contributed by atoms with van der Waals surface area (Å²) in [5, 5.41) is 5.71. The summed E-state index contributed by atoms with van der Waals surface area (Å²) in [5.41, 5.74) is 2.15. The highest BCUT2D eigenvalue weighted by Gasteiger charge is 2.15. The van der Waals surface area contributed by atoms with Crippen molar-refractivity contribution in [1.29, 1.82) is 0 Å². The van der Waals surface area contributed by atoms with Crippen molar-refractivity contribution in [3.05, 3.63) is 54.1 Å². The third-order valence-electron chi connectivity index (χ3n) is 4.30. The Morgan fingerprint density at radius 3 is 2.52 bits per heavy atom. The van der Waals surface area contributed by atoms with E-state index in [1.54, 1.807) is 14.2 Å². The SMILES string of the molecule is COc1ccc(CNc2cccc3cc4c(cc23)OCO4)cc1OC. The topological polar surface area (TPSA) is 49.0 Å². The average molecular weight is 337 g/mol. The van der Waals surface area contributed by atoms with E-state index in [4.69, 9.17) is 18.9 Å². The van der Waals surface area contributed by atoms with Gasteiger partial charge in [0.2, 0.25) is 6.79 Å². The monoisotopic (exact) mass is 337 g/mol. The lowest BCUT2D eigenvalue weighted by atomic mass is 10.1. The maximum atomic E-state index is 5.50. The van der Waals surface area contributed by atoms with Crippen LogP contribution in [0.25, 0.3) is 10.8 Å². The van der Waals surface area contributed by atoms with Crippen LogP contribution in [0.4, 0.5) is 5.69 Å². The summed E-state index contributed by atoms with van der Waals surface area (Å²) in [6, 6.07) is 16.1. The van der Waals surface area contributed by atoms with Crippen LogP contribution in [-0.4, -0.2) is 21.0 Å². The Morgan fingerprint density at radius 2 is 1.72 bits per heavy atom. The zero-order valence-corrected chi connectivity index (χ0v) is 14.2. The molecule has 3 aromatic rings. The van der Waals surface area contributed by atoms with Crippen LogP contribution >= 0.6 is 0 Å². The van der Waals surface area contributed by atoms with Crippen molar-refractivity contribution in [1.82, 2.24) is 0 Å². The highest BCUT2D eigenvalue weighted by Crippen LogP contribution is 2.38. The maximum Gasteiger partial charge on any atom is 0.231 e. The Hall–Kier alpha value is -3.08. The van der Waals surface area contributed by atoms with Crippen LogP contribution in [0.5, 0.6) is 23.0 Å². The maximum absolute atomic E-state index is 5.50. The second-order valence-electron chi connectivity index (χ2n) is 5.78. The minimum Gasteiger partial charge on any atom is -0.493 e. The molecule has 0 fully saturated rings. The van der Waals surface area contributed by atoms with Crippen molar-refractivity contribution < 1.29 is 18.9 Å². The summed E-state index contributed by atoms with van der Waals surface area (Å²) in [7, 11) is 3.28. The molecule has 1 N–H and O–H groups in total. The Bertz CT molecular complexity index is 923. The van der Waals surface area contributed by atoms with E-state index in [0.717, 1.165) is 45.0 Å². The minimum atomic E-state index is 0.278. The fourth-order valence-electron chi connectivity index (χ4n) is 3.01. The van der Waals surface area contributed by atoms with Crippen molar-refractivity contribution in [2.45, 2.75) is 6.54 Å². The Morgan fingerprint density at radius 1 is 0.920 bits per heavy atom. The van der Waals surface area contributed by atoms with E-state index in [0.29, 0.717) is 6.54 Å². The summed E-state index contributed by atoms with van der Waals surface area (Å²) in [6.45, 7) is 0.952. The number of anilines is 1. The zero-order valence-electron chi connectivity index (χ0n) is 14.2. The van der Waals surface area contributed by atoms with Crippen molar-refractivity contribution in [2.75, 3.05) is 26.3 Å². The second kappa shape index (κ2) is 6.43. The van der Waals surface area contributed by atoms with Crippen molar-refractivity contribution in [3.8, 4) is 23.0 Å². The van der Waals surface area contributed by atoms with Gasteiger partial charge in [-0.05, 0) is 41.3 Å². The first kappa shape index (κ1) is 15.4. The van der Waals surface area contributed by atoms with Gasteiger partial charge in [0, 0.05) is 17.6 Å². The smallest absolute Gasteiger partial charge is 0.231 e. The molecule has 0 unspecified atom stereocenters. The van der Waals surface area contributed by atoms with Crippen molar-refractivity contribution >= 4 is 16.5 Å². The number of hydrogen-bond acceptors (Lipinski definition) is 5. The van der Waals surface area contributed by atoms with E-state index in [1.807, 2.05) is 36.4 Å². The Balaban J connectivity index is 1.61. The largest absolute Gasteiger partial charge is 0.493 e. The average Bonchev–Trinajstić information content (AvgIpc) is 3.11. The molecule has 0 atom stereocenters. The van der Waals surface area contributed by atoms with Crippen molar-refractivity contribution in [2.24, 2.45) is 0 Å². The van der Waals surface area contributed by atoms with Gasteiger partial charge in [-0.3, -0.25) is 0 Å². The third-order valence-corrected chi connectivity index (χ3v) is 4.30. The molecule has 1 aliphatic rings. The number of rotatable bonds is 5. The number of fused-ring (bicyclic) bond motifs is 2. The first-order valence-corrected chi connectivity index (χ1v) is 8.05. The molecule has 1 aliphatic heterocycles. The molecule has 0 aliphatic carbocycles. The summed E-state index contributed by atoms with van der Waals surface area (Å²) in [5.74, 6) is 3.03. The predicted molar refractivity (Wildman–Crippen MR) is 96.9 cm³/mol. The van der Waals surface area contributed by atoms with Gasteiger partial charge < -0.3 is 24.3 Å². The molecule has 3 aromatic carbocycles. The van der Waals surface area contributed by atoms with Crippen LogP contribution in [0.15, 0.2) is 48.5 Å². The third kappa shape index (κ3) is 2.89. The first-order chi connectivity index (χ1) is 12.3. The molecule has 0 bridgehead atoms. The molecule has 5 heteroatoms. The van der Waals surface area contributed by atoms with Crippen LogP contribution in [-0.2, 0) is 6.54 Å². The predicted octanol–water partition coefficient (Wildman–Crippen LogP) is 4.20. The van der Waals surface area contributed by atoms with Crippen molar-refractivity contribution in [3.63, 3.8) is 0 Å². The van der Waals surface area contributed by atoms with Gasteiger partial charge in [-0.15, -0.1) is 0 Å². The van der Waals surface area contributed by atoms with Gasteiger partial charge in [0.15, 0.2) is 23.0 Å². The van der Waals surface area contributed by atoms with Gasteiger partial charge in [-0.2, -0.15) is 0 Å². The standard InChI is InChI=1S/C20H19NO4/c1-22-17-7-6-13(8-18(17)23-2)11-21-16-5-3-4-14-9-19-20(10-15(14)16)25-12-24-19/h3-10,21H,11-12H2,1-2H3. The number of ether oxygens (including phenoxy) is 4. The molecule has 25 heavy (non-hydrogen) atoms. The highest BCUT2D eigenvalue weighted by atomic mass is 16.7. The Kier molecular flexibility index (Phi) is 3.98. The van der Waals surface area contributed by atoms with Gasteiger partial charge in [-0.25, -0.2) is 0 Å². The van der Waals surface area contributed by atoms with Crippen LogP contribution < -0.4 is 24.3 Å². The molecular weight excluding hydrogens is 318 g/mol. The molecular formula is C20H19NO4. The summed E-state index contributed by atoms with van der Waals surface area (Å²) in [4.78, 5) is 0. The number of nitrogens with one attached hydrogen (secondary N) is 1. The molecule has 0 radical (unpaired) electrons. The van der Waals surface area contributed by atoms with E-state index < -0.39 is 0 Å². The molecule has 0 saturated carbocycles. The number of methoxy groups -OCH3 is 2. The molecule has 5 nitrogen and oxygen atoms in total. The van der Waals surface area contributed by atoms with Gasteiger partial charge in [0.25, 0.3) is 0 Å². The second-order valence-corrected chi connectivity index (χ2v) is 5.78. The lowest BCUT2D eigenvalue weighted by Crippen LogP contribution is -2.01. The summed E-state index contributed by atoms with van der Waals surface area (Å²) >= 11 is 0. The lowest BCUT2D eigenvalue weighted by molar-refractivity contribution is 0.174. The molecule has 0 spiro atoms. The highest BCUT2D eigenvalue weighted by molar-refractivity contribution is 5.96. The van der Waals surface area contributed by atoms with Gasteiger partial charge in [-0.1, -0.05) is 18.2 Å². The number of hydrogen-bond donors (Lipinski definition) is 1. The molecule has 0 saturated heterocycles. The molecule has 128 valence electrons. The fourth-order valence-corrected chi connectivity index (χ4v) is 3.01. The van der Waals surface area contributed by atoms with E-state index in [-0.39, 0.29) is 6.79 Å². The normalized spacial score (nSPS) is 12.2. The zero-order chi connectivity index (χ0) is 17.2. The summed E-state index contributed by atoms with van der Waals surface area (Å²) < 4.78 is 21.6. The van der Waals surface area contributed by atoms with Gasteiger partial charge in [0.1, 0.15) is 0 Å². The molecule has 1 heterocycles. The Labute approximate surface area is 146 Å². The van der Waals surface area contributed by atoms with E-state index >= 15 is 0 Å². The van der Waals surface area contributed by atoms with Gasteiger partial charge >= 0.3 is 0 Å².